The lowest BCUT2D eigenvalue weighted by atomic mass is 10.0. The average Bonchev–Trinajstić information content (AvgIpc) is 2.53. The van der Waals surface area contributed by atoms with Gasteiger partial charge < -0.3 is 14.2 Å². The molecule has 3 nitrogen and oxygen atoms in total. The monoisotopic (exact) mass is 412 g/mol. The van der Waals surface area contributed by atoms with Crippen LogP contribution in [0.25, 0.3) is 0 Å². The molecule has 0 aliphatic carbocycles. The summed E-state index contributed by atoms with van der Waals surface area (Å²) in [5.41, 5.74) is 2.21. The van der Waals surface area contributed by atoms with Gasteiger partial charge in [0.25, 0.3) is 0 Å². The molecule has 5 heteroatoms. The molecule has 2 aromatic rings. The fourth-order valence-electron chi connectivity index (χ4n) is 2.25. The van der Waals surface area contributed by atoms with E-state index in [1.807, 2.05) is 30.3 Å². The summed E-state index contributed by atoms with van der Waals surface area (Å²) < 4.78 is 17.5. The lowest BCUT2D eigenvalue weighted by molar-refractivity contribution is 0.171. The van der Waals surface area contributed by atoms with E-state index in [0.29, 0.717) is 13.2 Å². The minimum absolute atomic E-state index is 0.0396. The van der Waals surface area contributed by atoms with E-state index in [1.165, 1.54) is 0 Å². The van der Waals surface area contributed by atoms with Crippen molar-refractivity contribution >= 4 is 31.9 Å². The summed E-state index contributed by atoms with van der Waals surface area (Å²) in [6.45, 7) is 1.17. The van der Waals surface area contributed by atoms with Crippen LogP contribution in [0.3, 0.4) is 0 Å². The van der Waals surface area contributed by atoms with Gasteiger partial charge in [0.2, 0.25) is 0 Å². The SMILES string of the molecule is COc1cccc(C(Br)c2cc3c(cc2Br)OCCO3)c1. The topological polar surface area (TPSA) is 27.7 Å². The Morgan fingerprint density at radius 1 is 1.10 bits per heavy atom. The third-order valence-corrected chi connectivity index (χ3v) is 5.03. The Bertz CT molecular complexity index is 658. The molecule has 0 amide bonds. The second-order valence-corrected chi connectivity index (χ2v) is 6.43. The fourth-order valence-corrected chi connectivity index (χ4v) is 3.77. The highest BCUT2D eigenvalue weighted by Gasteiger charge is 2.20. The fraction of sp³-hybridized carbons (Fsp3) is 0.250. The average molecular weight is 414 g/mol. The number of alkyl halides is 1. The van der Waals surface area contributed by atoms with Crippen molar-refractivity contribution in [1.29, 1.82) is 0 Å². The van der Waals surface area contributed by atoms with Gasteiger partial charge in [-0.15, -0.1) is 0 Å². The Morgan fingerprint density at radius 2 is 1.81 bits per heavy atom. The molecule has 0 bridgehead atoms. The molecule has 1 atom stereocenters. The maximum Gasteiger partial charge on any atom is 0.162 e. The van der Waals surface area contributed by atoms with Gasteiger partial charge in [0.1, 0.15) is 19.0 Å². The maximum atomic E-state index is 5.66. The first-order valence-electron chi connectivity index (χ1n) is 6.56. The molecule has 1 unspecified atom stereocenters. The molecule has 3 rings (SSSR count). The van der Waals surface area contributed by atoms with Crippen LogP contribution in [0, 0.1) is 0 Å². The van der Waals surface area contributed by atoms with Crippen molar-refractivity contribution in [2.24, 2.45) is 0 Å². The summed E-state index contributed by atoms with van der Waals surface area (Å²) in [6, 6.07) is 12.0. The van der Waals surface area contributed by atoms with Crippen molar-refractivity contribution in [2.75, 3.05) is 20.3 Å². The van der Waals surface area contributed by atoms with E-state index in [-0.39, 0.29) is 4.83 Å². The van der Waals surface area contributed by atoms with Crippen molar-refractivity contribution in [3.8, 4) is 17.2 Å². The minimum atomic E-state index is 0.0396. The maximum absolute atomic E-state index is 5.66. The molecule has 2 aromatic carbocycles. The normalized spacial score (nSPS) is 14.6. The highest BCUT2D eigenvalue weighted by molar-refractivity contribution is 9.11. The van der Waals surface area contributed by atoms with E-state index in [2.05, 4.69) is 37.9 Å². The molecular formula is C16H14Br2O3. The molecule has 110 valence electrons. The predicted octanol–water partition coefficient (Wildman–Crippen LogP) is 4.71. The molecule has 0 saturated heterocycles. The van der Waals surface area contributed by atoms with Gasteiger partial charge in [-0.05, 0) is 35.4 Å². The molecule has 1 heterocycles. The zero-order chi connectivity index (χ0) is 14.8. The summed E-state index contributed by atoms with van der Waals surface area (Å²) in [6.07, 6.45) is 0. The van der Waals surface area contributed by atoms with E-state index >= 15 is 0 Å². The third kappa shape index (κ3) is 3.04. The lowest BCUT2D eigenvalue weighted by Gasteiger charge is -2.21. The molecule has 0 saturated carbocycles. The lowest BCUT2D eigenvalue weighted by Crippen LogP contribution is -2.15. The van der Waals surface area contributed by atoms with Gasteiger partial charge in [-0.3, -0.25) is 0 Å². The van der Waals surface area contributed by atoms with E-state index in [9.17, 15) is 0 Å². The first-order chi connectivity index (χ1) is 10.2. The smallest absolute Gasteiger partial charge is 0.162 e. The summed E-state index contributed by atoms with van der Waals surface area (Å²) in [5.74, 6) is 2.40. The summed E-state index contributed by atoms with van der Waals surface area (Å²) in [7, 11) is 1.67. The van der Waals surface area contributed by atoms with Crippen LogP contribution in [0.4, 0.5) is 0 Å². The zero-order valence-corrected chi connectivity index (χ0v) is 14.6. The summed E-state index contributed by atoms with van der Waals surface area (Å²) in [4.78, 5) is 0.0396. The molecule has 0 aromatic heterocycles. The Kier molecular flexibility index (Phi) is 4.40. The molecule has 21 heavy (non-hydrogen) atoms. The van der Waals surface area contributed by atoms with Crippen LogP contribution >= 0.6 is 31.9 Å². The Balaban J connectivity index is 1.98. The second-order valence-electron chi connectivity index (χ2n) is 4.66. The third-order valence-electron chi connectivity index (χ3n) is 3.32. The van der Waals surface area contributed by atoms with Gasteiger partial charge in [0.05, 0.1) is 11.9 Å². The number of ether oxygens (including phenoxy) is 3. The van der Waals surface area contributed by atoms with E-state index < -0.39 is 0 Å². The number of hydrogen-bond acceptors (Lipinski definition) is 3. The number of hydrogen-bond donors (Lipinski definition) is 0. The number of methoxy groups -OCH3 is 1. The van der Waals surface area contributed by atoms with Crippen LogP contribution in [0.5, 0.6) is 17.2 Å². The van der Waals surface area contributed by atoms with Gasteiger partial charge in [0.15, 0.2) is 11.5 Å². The van der Waals surface area contributed by atoms with Gasteiger partial charge in [-0.25, -0.2) is 0 Å². The van der Waals surface area contributed by atoms with Crippen LogP contribution in [0.1, 0.15) is 16.0 Å². The highest BCUT2D eigenvalue weighted by Crippen LogP contribution is 2.42. The van der Waals surface area contributed by atoms with E-state index in [4.69, 9.17) is 14.2 Å². The standard InChI is InChI=1S/C16H14Br2O3/c1-19-11-4-2-3-10(7-11)16(18)12-8-14-15(9-13(12)17)21-6-5-20-14/h2-4,7-9,16H,5-6H2,1H3. The molecule has 1 aliphatic heterocycles. The highest BCUT2D eigenvalue weighted by atomic mass is 79.9. The van der Waals surface area contributed by atoms with Crippen LogP contribution in [0.2, 0.25) is 0 Å². The molecular weight excluding hydrogens is 400 g/mol. The minimum Gasteiger partial charge on any atom is -0.497 e. The van der Waals surface area contributed by atoms with Gasteiger partial charge >= 0.3 is 0 Å². The first kappa shape index (κ1) is 14.7. The van der Waals surface area contributed by atoms with Gasteiger partial charge in [-0.1, -0.05) is 44.0 Å². The van der Waals surface area contributed by atoms with Crippen LogP contribution in [-0.4, -0.2) is 20.3 Å². The number of benzene rings is 2. The molecule has 0 radical (unpaired) electrons. The summed E-state index contributed by atoms with van der Waals surface area (Å²) >= 11 is 7.37. The molecule has 0 spiro atoms. The molecule has 0 fully saturated rings. The van der Waals surface area contributed by atoms with Crippen molar-refractivity contribution < 1.29 is 14.2 Å². The first-order valence-corrected chi connectivity index (χ1v) is 8.27. The Hall–Kier alpha value is -1.20. The largest absolute Gasteiger partial charge is 0.497 e. The van der Waals surface area contributed by atoms with E-state index in [1.54, 1.807) is 7.11 Å². The van der Waals surface area contributed by atoms with Crippen molar-refractivity contribution in [2.45, 2.75) is 4.83 Å². The van der Waals surface area contributed by atoms with Crippen molar-refractivity contribution in [3.63, 3.8) is 0 Å². The quantitative estimate of drug-likeness (QED) is 0.681. The predicted molar refractivity (Wildman–Crippen MR) is 88.9 cm³/mol. The van der Waals surface area contributed by atoms with E-state index in [0.717, 1.165) is 32.8 Å². The van der Waals surface area contributed by atoms with Crippen LogP contribution < -0.4 is 14.2 Å². The molecule has 0 N–H and O–H groups in total. The van der Waals surface area contributed by atoms with Crippen LogP contribution in [0.15, 0.2) is 40.9 Å². The Labute approximate surface area is 140 Å². The van der Waals surface area contributed by atoms with Gasteiger partial charge in [0, 0.05) is 4.47 Å². The second kappa shape index (κ2) is 6.28. The van der Waals surface area contributed by atoms with Crippen molar-refractivity contribution in [1.82, 2.24) is 0 Å². The van der Waals surface area contributed by atoms with Crippen LogP contribution in [-0.2, 0) is 0 Å². The van der Waals surface area contributed by atoms with Gasteiger partial charge in [-0.2, -0.15) is 0 Å². The number of rotatable bonds is 3. The van der Waals surface area contributed by atoms with Crippen molar-refractivity contribution in [3.05, 3.63) is 52.0 Å². The zero-order valence-electron chi connectivity index (χ0n) is 11.4. The number of halogens is 2. The summed E-state index contributed by atoms with van der Waals surface area (Å²) in [5, 5.41) is 0. The molecule has 1 aliphatic rings. The Morgan fingerprint density at radius 3 is 2.52 bits per heavy atom. The number of fused-ring (bicyclic) bond motifs is 1.